The molecular weight excluding hydrogens is 312 g/mol. The minimum atomic E-state index is -3.19. The zero-order chi connectivity index (χ0) is 16.2. The summed E-state index contributed by atoms with van der Waals surface area (Å²) in [5, 5.41) is 3.41. The largest absolute Gasteiger partial charge is 0.350 e. The average molecular weight is 340 g/mol. The Morgan fingerprint density at radius 3 is 2.17 bits per heavy atom. The number of hydrogen-bond donors (Lipinski definition) is 1. The van der Waals surface area contributed by atoms with Crippen molar-refractivity contribution in [2.45, 2.75) is 56.9 Å². The van der Waals surface area contributed by atoms with Gasteiger partial charge in [0.2, 0.25) is 15.9 Å². The zero-order valence-electron chi connectivity index (χ0n) is 14.0. The summed E-state index contributed by atoms with van der Waals surface area (Å²) in [7, 11) is -3.19. The van der Waals surface area contributed by atoms with Crippen LogP contribution in [0.3, 0.4) is 0 Å². The molecule has 1 saturated heterocycles. The fraction of sp³-hybridized carbons (Fsp3) is 0.941. The lowest BCUT2D eigenvalue weighted by atomic mass is 9.53. The summed E-state index contributed by atoms with van der Waals surface area (Å²) in [6.45, 7) is 0.914. The Morgan fingerprint density at radius 2 is 1.65 bits per heavy atom. The molecule has 0 aromatic heterocycles. The van der Waals surface area contributed by atoms with Crippen molar-refractivity contribution in [3.8, 4) is 0 Å². The SMILES string of the molecule is CS(=O)(=O)N1CCC[C@H](C(=O)NC23CC4CC(CC(C4)C2)C3)C1. The first-order valence-corrected chi connectivity index (χ1v) is 10.9. The summed E-state index contributed by atoms with van der Waals surface area (Å²) in [4.78, 5) is 12.8. The lowest BCUT2D eigenvalue weighted by molar-refractivity contribution is -0.131. The first kappa shape index (κ1) is 15.9. The van der Waals surface area contributed by atoms with Gasteiger partial charge in [0, 0.05) is 18.6 Å². The van der Waals surface area contributed by atoms with Gasteiger partial charge >= 0.3 is 0 Å². The predicted molar refractivity (Wildman–Crippen MR) is 88.2 cm³/mol. The minimum absolute atomic E-state index is 0.0270. The molecule has 130 valence electrons. The van der Waals surface area contributed by atoms with Crippen LogP contribution in [0.5, 0.6) is 0 Å². The van der Waals surface area contributed by atoms with E-state index in [0.29, 0.717) is 13.1 Å². The number of hydrogen-bond acceptors (Lipinski definition) is 3. The molecule has 0 radical (unpaired) electrons. The van der Waals surface area contributed by atoms with Crippen LogP contribution in [0.1, 0.15) is 51.4 Å². The number of rotatable bonds is 3. The molecule has 1 amide bonds. The third kappa shape index (κ3) is 3.04. The van der Waals surface area contributed by atoms with Crippen molar-refractivity contribution in [2.75, 3.05) is 19.3 Å². The van der Waals surface area contributed by atoms with Gasteiger partial charge in [-0.05, 0) is 69.1 Å². The lowest BCUT2D eigenvalue weighted by Crippen LogP contribution is -2.61. The third-order valence-corrected chi connectivity index (χ3v) is 7.92. The number of sulfonamides is 1. The smallest absolute Gasteiger partial charge is 0.224 e. The maximum atomic E-state index is 12.8. The Hall–Kier alpha value is -0.620. The van der Waals surface area contributed by atoms with Gasteiger partial charge in [0.15, 0.2) is 0 Å². The van der Waals surface area contributed by atoms with Crippen molar-refractivity contribution in [2.24, 2.45) is 23.7 Å². The molecule has 1 N–H and O–H groups in total. The maximum absolute atomic E-state index is 12.8. The molecule has 1 aliphatic heterocycles. The summed E-state index contributed by atoms with van der Waals surface area (Å²) in [5.41, 5.74) is 0.0270. The monoisotopic (exact) mass is 340 g/mol. The van der Waals surface area contributed by atoms with Gasteiger partial charge in [-0.2, -0.15) is 0 Å². The molecule has 1 heterocycles. The molecule has 0 unspecified atom stereocenters. The molecule has 4 bridgehead atoms. The molecule has 23 heavy (non-hydrogen) atoms. The van der Waals surface area contributed by atoms with Gasteiger partial charge in [-0.15, -0.1) is 0 Å². The average Bonchev–Trinajstić information content (AvgIpc) is 2.44. The van der Waals surface area contributed by atoms with Gasteiger partial charge in [0.05, 0.1) is 12.2 Å². The fourth-order valence-corrected chi connectivity index (χ4v) is 7.00. The second-order valence-electron chi connectivity index (χ2n) is 8.65. The molecule has 0 spiro atoms. The molecule has 4 aliphatic carbocycles. The molecule has 0 aromatic carbocycles. The normalized spacial score (nSPS) is 43.5. The number of piperidine rings is 1. The van der Waals surface area contributed by atoms with Gasteiger partial charge in [-0.25, -0.2) is 12.7 Å². The third-order valence-electron chi connectivity index (χ3n) is 6.65. The van der Waals surface area contributed by atoms with Gasteiger partial charge in [0.25, 0.3) is 0 Å². The highest BCUT2D eigenvalue weighted by molar-refractivity contribution is 7.88. The molecular formula is C17H28N2O3S. The highest BCUT2D eigenvalue weighted by Gasteiger charge is 2.52. The van der Waals surface area contributed by atoms with Crippen molar-refractivity contribution < 1.29 is 13.2 Å². The lowest BCUT2D eigenvalue weighted by Gasteiger charge is -2.57. The van der Waals surface area contributed by atoms with E-state index >= 15 is 0 Å². The summed E-state index contributed by atoms with van der Waals surface area (Å²) in [6, 6.07) is 0. The van der Waals surface area contributed by atoms with E-state index < -0.39 is 10.0 Å². The van der Waals surface area contributed by atoms with Crippen molar-refractivity contribution in [3.05, 3.63) is 0 Å². The molecule has 5 nitrogen and oxygen atoms in total. The number of nitrogens with one attached hydrogen (secondary N) is 1. The first-order chi connectivity index (χ1) is 10.8. The van der Waals surface area contributed by atoms with E-state index in [-0.39, 0.29) is 17.4 Å². The molecule has 0 aromatic rings. The van der Waals surface area contributed by atoms with Crippen molar-refractivity contribution in [3.63, 3.8) is 0 Å². The number of carbonyl (C=O) groups is 1. The van der Waals surface area contributed by atoms with Crippen LogP contribution in [0.4, 0.5) is 0 Å². The van der Waals surface area contributed by atoms with E-state index in [1.54, 1.807) is 0 Å². The highest BCUT2D eigenvalue weighted by Crippen LogP contribution is 2.55. The van der Waals surface area contributed by atoms with E-state index in [2.05, 4.69) is 5.32 Å². The Kier molecular flexibility index (Phi) is 3.76. The first-order valence-electron chi connectivity index (χ1n) is 9.10. The van der Waals surface area contributed by atoms with Crippen LogP contribution in [0.15, 0.2) is 0 Å². The summed E-state index contributed by atoms with van der Waals surface area (Å²) < 4.78 is 25.0. The molecule has 5 fully saturated rings. The Labute approximate surface area is 139 Å². The van der Waals surface area contributed by atoms with Crippen LogP contribution < -0.4 is 5.32 Å². The zero-order valence-corrected chi connectivity index (χ0v) is 14.8. The molecule has 5 aliphatic rings. The number of amides is 1. The van der Waals surface area contributed by atoms with Crippen LogP contribution in [-0.4, -0.2) is 43.5 Å². The standard InChI is InChI=1S/C17H28N2O3S/c1-23(21,22)19-4-2-3-15(11-19)16(20)18-17-8-12-5-13(9-17)7-14(6-12)10-17/h12-15H,2-11H2,1H3,(H,18,20)/t12?,13?,14?,15-,17?/m0/s1. The molecule has 1 atom stereocenters. The van der Waals surface area contributed by atoms with Crippen LogP contribution in [-0.2, 0) is 14.8 Å². The molecule has 6 heteroatoms. The molecule has 5 rings (SSSR count). The number of nitrogens with zero attached hydrogens (tertiary/aromatic N) is 1. The van der Waals surface area contributed by atoms with Crippen LogP contribution >= 0.6 is 0 Å². The Bertz CT molecular complexity index is 566. The molecule has 4 saturated carbocycles. The highest BCUT2D eigenvalue weighted by atomic mass is 32.2. The van der Waals surface area contributed by atoms with Gasteiger partial charge in [0.1, 0.15) is 0 Å². The number of carbonyl (C=O) groups excluding carboxylic acids is 1. The van der Waals surface area contributed by atoms with Crippen LogP contribution in [0.2, 0.25) is 0 Å². The topological polar surface area (TPSA) is 66.5 Å². The van der Waals surface area contributed by atoms with Crippen molar-refractivity contribution in [1.29, 1.82) is 0 Å². The van der Waals surface area contributed by atoms with Gasteiger partial charge < -0.3 is 5.32 Å². The van der Waals surface area contributed by atoms with E-state index in [1.165, 1.54) is 29.8 Å². The Morgan fingerprint density at radius 1 is 1.09 bits per heavy atom. The Balaban J connectivity index is 1.44. The van der Waals surface area contributed by atoms with Crippen LogP contribution in [0, 0.1) is 23.7 Å². The second-order valence-corrected chi connectivity index (χ2v) is 10.6. The fourth-order valence-electron chi connectivity index (χ4n) is 6.08. The second kappa shape index (κ2) is 5.45. The summed E-state index contributed by atoms with van der Waals surface area (Å²) >= 11 is 0. The van der Waals surface area contributed by atoms with E-state index in [0.717, 1.165) is 49.9 Å². The minimum Gasteiger partial charge on any atom is -0.350 e. The van der Waals surface area contributed by atoms with Gasteiger partial charge in [-0.3, -0.25) is 4.79 Å². The van der Waals surface area contributed by atoms with Crippen LogP contribution in [0.25, 0.3) is 0 Å². The maximum Gasteiger partial charge on any atom is 0.224 e. The van der Waals surface area contributed by atoms with E-state index in [9.17, 15) is 13.2 Å². The summed E-state index contributed by atoms with van der Waals surface area (Å²) in [5.74, 6) is 2.34. The quantitative estimate of drug-likeness (QED) is 0.851. The van der Waals surface area contributed by atoms with Gasteiger partial charge in [-0.1, -0.05) is 0 Å². The van der Waals surface area contributed by atoms with Crippen molar-refractivity contribution in [1.82, 2.24) is 9.62 Å². The predicted octanol–water partition coefficient (Wildman–Crippen LogP) is 1.74. The summed E-state index contributed by atoms with van der Waals surface area (Å²) in [6.07, 6.45) is 10.4. The van der Waals surface area contributed by atoms with E-state index in [4.69, 9.17) is 0 Å². The van der Waals surface area contributed by atoms with Crippen molar-refractivity contribution >= 4 is 15.9 Å². The van der Waals surface area contributed by atoms with E-state index in [1.807, 2.05) is 0 Å².